The number of hydrogen-bond acceptors (Lipinski definition) is 4. The Balaban J connectivity index is 1.23. The number of benzene rings is 2. The van der Waals surface area contributed by atoms with Gasteiger partial charge < -0.3 is 20.0 Å². The zero-order valence-corrected chi connectivity index (χ0v) is 15.3. The van der Waals surface area contributed by atoms with Gasteiger partial charge >= 0.3 is 0 Å². The van der Waals surface area contributed by atoms with Crippen molar-refractivity contribution in [3.8, 4) is 6.07 Å². The van der Waals surface area contributed by atoms with Crippen LogP contribution in [0.25, 0.3) is 21.9 Å². The van der Waals surface area contributed by atoms with E-state index in [1.54, 1.807) is 6.26 Å². The molecule has 3 N–H and O–H groups in total. The fourth-order valence-electron chi connectivity index (χ4n) is 3.31. The van der Waals surface area contributed by atoms with E-state index in [0.717, 1.165) is 46.9 Å². The van der Waals surface area contributed by atoms with Crippen molar-refractivity contribution in [2.75, 3.05) is 18.4 Å². The largest absolute Gasteiger partial charge is 0.464 e. The first-order chi connectivity index (χ1) is 13.7. The zero-order chi connectivity index (χ0) is 19.3. The van der Waals surface area contributed by atoms with Crippen molar-refractivity contribution in [1.82, 2.24) is 10.3 Å². The molecule has 28 heavy (non-hydrogen) atoms. The van der Waals surface area contributed by atoms with Crippen molar-refractivity contribution in [3.63, 3.8) is 0 Å². The summed E-state index contributed by atoms with van der Waals surface area (Å²) in [5, 5.41) is 17.2. The van der Waals surface area contributed by atoms with Crippen molar-refractivity contribution >= 4 is 33.5 Å². The Morgan fingerprint density at radius 2 is 2.11 bits per heavy atom. The number of nitrogens with zero attached hydrogens (tertiary/aromatic N) is 1. The first-order valence-electron chi connectivity index (χ1n) is 9.21. The van der Waals surface area contributed by atoms with Crippen molar-refractivity contribution < 1.29 is 9.21 Å². The van der Waals surface area contributed by atoms with Gasteiger partial charge in [0.2, 0.25) is 5.91 Å². The number of anilines is 1. The van der Waals surface area contributed by atoms with E-state index in [1.165, 1.54) is 5.56 Å². The average Bonchev–Trinajstić information content (AvgIpc) is 3.33. The minimum atomic E-state index is -0.0754. The van der Waals surface area contributed by atoms with E-state index in [1.807, 2.05) is 48.7 Å². The molecule has 0 unspecified atom stereocenters. The molecular formula is C22H20N4O2. The van der Waals surface area contributed by atoms with Crippen LogP contribution >= 0.6 is 0 Å². The summed E-state index contributed by atoms with van der Waals surface area (Å²) in [7, 11) is 0. The quantitative estimate of drug-likeness (QED) is 0.428. The Morgan fingerprint density at radius 1 is 1.18 bits per heavy atom. The summed E-state index contributed by atoms with van der Waals surface area (Å²) in [6, 6.07) is 15.3. The molecule has 4 aromatic rings. The highest BCUT2D eigenvalue weighted by molar-refractivity contribution is 5.94. The third-order valence-electron chi connectivity index (χ3n) is 4.72. The number of nitrogens with one attached hydrogen (secondary N) is 3. The lowest BCUT2D eigenvalue weighted by Crippen LogP contribution is -2.28. The van der Waals surface area contributed by atoms with Crippen molar-refractivity contribution in [2.45, 2.75) is 12.8 Å². The average molecular weight is 372 g/mol. The smallest absolute Gasteiger partial charge is 0.238 e. The summed E-state index contributed by atoms with van der Waals surface area (Å²) < 4.78 is 5.30. The van der Waals surface area contributed by atoms with Gasteiger partial charge in [0.25, 0.3) is 0 Å². The van der Waals surface area contributed by atoms with E-state index in [-0.39, 0.29) is 12.5 Å². The molecule has 0 saturated carbocycles. The van der Waals surface area contributed by atoms with E-state index in [0.29, 0.717) is 5.56 Å². The van der Waals surface area contributed by atoms with Crippen LogP contribution in [0.15, 0.2) is 59.3 Å². The molecule has 0 radical (unpaired) electrons. The molecule has 0 aliphatic heterocycles. The van der Waals surface area contributed by atoms with Gasteiger partial charge in [-0.25, -0.2) is 0 Å². The van der Waals surface area contributed by atoms with Crippen LogP contribution in [-0.4, -0.2) is 24.0 Å². The Hall–Kier alpha value is -3.56. The molecule has 0 fully saturated rings. The van der Waals surface area contributed by atoms with E-state index < -0.39 is 0 Å². The van der Waals surface area contributed by atoms with Crippen LogP contribution in [-0.2, 0) is 11.2 Å². The van der Waals surface area contributed by atoms with Crippen molar-refractivity contribution in [1.29, 1.82) is 5.26 Å². The molecule has 6 heteroatoms. The standard InChI is InChI=1S/C22H20N4O2/c23-12-15-3-5-20-19(10-15)17(13-25-20)2-1-8-24-14-22(27)26-18-4-6-21-16(11-18)7-9-28-21/h3-7,9-11,13,24-25H,1-2,8,14H2,(H,26,27). The topological polar surface area (TPSA) is 93.9 Å². The summed E-state index contributed by atoms with van der Waals surface area (Å²) in [6.07, 6.45) is 5.40. The predicted molar refractivity (Wildman–Crippen MR) is 109 cm³/mol. The normalized spacial score (nSPS) is 11.0. The Morgan fingerprint density at radius 3 is 3.00 bits per heavy atom. The number of nitriles is 1. The van der Waals surface area contributed by atoms with Gasteiger partial charge in [-0.2, -0.15) is 5.26 Å². The number of rotatable bonds is 7. The molecule has 0 aliphatic rings. The molecule has 1 amide bonds. The second-order valence-corrected chi connectivity index (χ2v) is 6.69. The third kappa shape index (κ3) is 3.90. The Kier molecular flexibility index (Phi) is 5.09. The molecule has 0 spiro atoms. The number of amides is 1. The van der Waals surface area contributed by atoms with Crippen LogP contribution in [0, 0.1) is 11.3 Å². The molecule has 2 heterocycles. The monoisotopic (exact) mass is 372 g/mol. The lowest BCUT2D eigenvalue weighted by molar-refractivity contribution is -0.115. The summed E-state index contributed by atoms with van der Waals surface area (Å²) in [4.78, 5) is 15.3. The highest BCUT2D eigenvalue weighted by Crippen LogP contribution is 2.21. The molecule has 6 nitrogen and oxygen atoms in total. The number of hydrogen-bond donors (Lipinski definition) is 3. The number of aromatic nitrogens is 1. The molecule has 4 rings (SSSR count). The minimum Gasteiger partial charge on any atom is -0.464 e. The molecule has 140 valence electrons. The number of fused-ring (bicyclic) bond motifs is 2. The van der Waals surface area contributed by atoms with Crippen LogP contribution in [0.1, 0.15) is 17.5 Å². The number of aromatic amines is 1. The van der Waals surface area contributed by atoms with Crippen LogP contribution in [0.5, 0.6) is 0 Å². The maximum absolute atomic E-state index is 12.1. The predicted octanol–water partition coefficient (Wildman–Crippen LogP) is 3.95. The minimum absolute atomic E-state index is 0.0754. The van der Waals surface area contributed by atoms with Crippen LogP contribution in [0.3, 0.4) is 0 Å². The molecule has 2 aromatic carbocycles. The summed E-state index contributed by atoms with van der Waals surface area (Å²) in [6.45, 7) is 0.995. The molecule has 0 aliphatic carbocycles. The van der Waals surface area contributed by atoms with Gasteiger partial charge in [-0.3, -0.25) is 4.79 Å². The van der Waals surface area contributed by atoms with E-state index in [9.17, 15) is 4.79 Å². The Bertz CT molecular complexity index is 1170. The number of H-pyrrole nitrogens is 1. The molecule has 2 aromatic heterocycles. The number of furan rings is 1. The van der Waals surface area contributed by atoms with Crippen LogP contribution in [0.2, 0.25) is 0 Å². The van der Waals surface area contributed by atoms with E-state index in [2.05, 4.69) is 21.7 Å². The van der Waals surface area contributed by atoms with Gasteiger partial charge in [-0.1, -0.05) is 0 Å². The molecule has 0 bridgehead atoms. The number of carbonyl (C=O) groups excluding carboxylic acids is 1. The molecule has 0 atom stereocenters. The van der Waals surface area contributed by atoms with E-state index in [4.69, 9.17) is 9.68 Å². The third-order valence-corrected chi connectivity index (χ3v) is 4.72. The van der Waals surface area contributed by atoms with E-state index >= 15 is 0 Å². The highest BCUT2D eigenvalue weighted by Gasteiger charge is 2.06. The number of carbonyl (C=O) groups is 1. The molecular weight excluding hydrogens is 352 g/mol. The SMILES string of the molecule is N#Cc1ccc2[nH]cc(CCCNCC(=O)Nc3ccc4occc4c3)c2c1. The summed E-state index contributed by atoms with van der Waals surface area (Å²) in [5.41, 5.74) is 4.45. The fraction of sp³-hybridized carbons (Fsp3) is 0.182. The van der Waals surface area contributed by atoms with Gasteiger partial charge in [-0.05, 0) is 67.4 Å². The van der Waals surface area contributed by atoms with Crippen LogP contribution < -0.4 is 10.6 Å². The first-order valence-corrected chi connectivity index (χ1v) is 9.21. The maximum atomic E-state index is 12.1. The highest BCUT2D eigenvalue weighted by atomic mass is 16.3. The summed E-state index contributed by atoms with van der Waals surface area (Å²) >= 11 is 0. The second kappa shape index (κ2) is 7.99. The second-order valence-electron chi connectivity index (χ2n) is 6.69. The first kappa shape index (κ1) is 17.8. The fourth-order valence-corrected chi connectivity index (χ4v) is 3.31. The summed E-state index contributed by atoms with van der Waals surface area (Å²) in [5.74, 6) is -0.0754. The van der Waals surface area contributed by atoms with Crippen molar-refractivity contribution in [3.05, 3.63) is 66.1 Å². The lowest BCUT2D eigenvalue weighted by atomic mass is 10.1. The molecule has 0 saturated heterocycles. The lowest BCUT2D eigenvalue weighted by Gasteiger charge is -2.07. The van der Waals surface area contributed by atoms with Gasteiger partial charge in [0.05, 0.1) is 24.4 Å². The van der Waals surface area contributed by atoms with Crippen molar-refractivity contribution in [2.24, 2.45) is 0 Å². The Labute approximate surface area is 162 Å². The van der Waals surface area contributed by atoms with Crippen LogP contribution in [0.4, 0.5) is 5.69 Å². The van der Waals surface area contributed by atoms with Gasteiger partial charge in [0, 0.05) is 28.2 Å². The zero-order valence-electron chi connectivity index (χ0n) is 15.3. The number of aryl methyl sites for hydroxylation is 1. The van der Waals surface area contributed by atoms with Gasteiger partial charge in [0.1, 0.15) is 5.58 Å². The van der Waals surface area contributed by atoms with Gasteiger partial charge in [-0.15, -0.1) is 0 Å². The maximum Gasteiger partial charge on any atom is 0.238 e. The van der Waals surface area contributed by atoms with Gasteiger partial charge in [0.15, 0.2) is 0 Å².